The minimum absolute atomic E-state index is 0.152. The molecule has 2 nitrogen and oxygen atoms in total. The molecule has 1 atom stereocenters. The molecule has 0 amide bonds. The monoisotopic (exact) mass is 298 g/mol. The Balaban J connectivity index is 1.87. The molecule has 1 fully saturated rings. The summed E-state index contributed by atoms with van der Waals surface area (Å²) in [5, 5.41) is 4.10. The Bertz CT molecular complexity index is 425. The summed E-state index contributed by atoms with van der Waals surface area (Å²) in [6.45, 7) is 7.10. The summed E-state index contributed by atoms with van der Waals surface area (Å²) in [7, 11) is 0. The van der Waals surface area contributed by atoms with Gasteiger partial charge in [0.25, 0.3) is 0 Å². The molecule has 0 saturated carbocycles. The zero-order valence-corrected chi connectivity index (χ0v) is 12.9. The molecule has 1 unspecified atom stereocenters. The average molecular weight is 299 g/mol. The predicted molar refractivity (Wildman–Crippen MR) is 82.6 cm³/mol. The zero-order chi connectivity index (χ0) is 14.4. The van der Waals surface area contributed by atoms with Crippen LogP contribution in [0.3, 0.4) is 0 Å². The quantitative estimate of drug-likeness (QED) is 0.806. The second-order valence-electron chi connectivity index (χ2n) is 5.68. The molecule has 1 heterocycles. The number of nitrogens with zero attached hydrogens (tertiary/aromatic N) is 1. The smallest absolute Gasteiger partial charge is 0.127 e. The first kappa shape index (κ1) is 15.7. The van der Waals surface area contributed by atoms with Gasteiger partial charge < -0.3 is 5.32 Å². The number of halogens is 2. The van der Waals surface area contributed by atoms with Gasteiger partial charge in [-0.15, -0.1) is 0 Å². The average Bonchev–Trinajstić information content (AvgIpc) is 2.44. The largest absolute Gasteiger partial charge is 0.316 e. The second kappa shape index (κ2) is 7.96. The molecule has 1 aliphatic rings. The van der Waals surface area contributed by atoms with Crippen LogP contribution >= 0.6 is 11.6 Å². The highest BCUT2D eigenvalue weighted by Crippen LogP contribution is 2.21. The van der Waals surface area contributed by atoms with Crippen molar-refractivity contribution >= 4 is 11.6 Å². The normalized spacial score (nSPS) is 20.2. The van der Waals surface area contributed by atoms with Crippen molar-refractivity contribution in [3.05, 3.63) is 34.6 Å². The van der Waals surface area contributed by atoms with Gasteiger partial charge in [0.15, 0.2) is 0 Å². The Morgan fingerprint density at radius 1 is 1.45 bits per heavy atom. The lowest BCUT2D eigenvalue weighted by Crippen LogP contribution is -2.39. The van der Waals surface area contributed by atoms with E-state index in [1.165, 1.54) is 25.3 Å². The number of benzene rings is 1. The molecule has 0 spiro atoms. The van der Waals surface area contributed by atoms with Crippen molar-refractivity contribution in [2.24, 2.45) is 5.92 Å². The van der Waals surface area contributed by atoms with E-state index in [1.54, 1.807) is 12.1 Å². The van der Waals surface area contributed by atoms with E-state index >= 15 is 0 Å². The first-order valence-corrected chi connectivity index (χ1v) is 7.94. The van der Waals surface area contributed by atoms with Gasteiger partial charge in [-0.05, 0) is 63.0 Å². The third kappa shape index (κ3) is 4.72. The lowest BCUT2D eigenvalue weighted by atomic mass is 9.97. The molecule has 1 N–H and O–H groups in total. The van der Waals surface area contributed by atoms with Crippen LogP contribution < -0.4 is 5.32 Å². The maximum Gasteiger partial charge on any atom is 0.127 e. The molecule has 0 radical (unpaired) electrons. The molecule has 0 aliphatic carbocycles. The van der Waals surface area contributed by atoms with Crippen molar-refractivity contribution in [1.29, 1.82) is 0 Å². The van der Waals surface area contributed by atoms with E-state index < -0.39 is 0 Å². The summed E-state index contributed by atoms with van der Waals surface area (Å²) in [5.74, 6) is 0.526. The van der Waals surface area contributed by atoms with Crippen molar-refractivity contribution in [1.82, 2.24) is 10.2 Å². The molecule has 1 aromatic rings. The van der Waals surface area contributed by atoms with Crippen LogP contribution in [0.1, 0.15) is 31.7 Å². The van der Waals surface area contributed by atoms with Crippen molar-refractivity contribution in [3.8, 4) is 0 Å². The molecule has 20 heavy (non-hydrogen) atoms. The van der Waals surface area contributed by atoms with Gasteiger partial charge in [0.05, 0.1) is 0 Å². The summed E-state index contributed by atoms with van der Waals surface area (Å²) >= 11 is 5.95. The lowest BCUT2D eigenvalue weighted by molar-refractivity contribution is 0.164. The van der Waals surface area contributed by atoms with Gasteiger partial charge in [-0.1, -0.05) is 18.5 Å². The number of likely N-dealkylation sites (tertiary alicyclic amines) is 1. The van der Waals surface area contributed by atoms with Crippen molar-refractivity contribution in [2.45, 2.75) is 32.7 Å². The highest BCUT2D eigenvalue weighted by Gasteiger charge is 2.20. The van der Waals surface area contributed by atoms with E-state index in [-0.39, 0.29) is 5.82 Å². The number of hydrogen-bond donors (Lipinski definition) is 1. The molecule has 4 heteroatoms. The molecule has 1 aliphatic heterocycles. The van der Waals surface area contributed by atoms with Crippen LogP contribution in [0.25, 0.3) is 0 Å². The molecule has 1 saturated heterocycles. The van der Waals surface area contributed by atoms with Gasteiger partial charge >= 0.3 is 0 Å². The van der Waals surface area contributed by atoms with Crippen LogP contribution in [0.4, 0.5) is 4.39 Å². The van der Waals surface area contributed by atoms with Crippen LogP contribution in [-0.2, 0) is 6.54 Å². The second-order valence-corrected chi connectivity index (χ2v) is 6.12. The summed E-state index contributed by atoms with van der Waals surface area (Å²) < 4.78 is 13.8. The topological polar surface area (TPSA) is 15.3 Å². The Morgan fingerprint density at radius 3 is 3.10 bits per heavy atom. The van der Waals surface area contributed by atoms with E-state index in [2.05, 4.69) is 17.1 Å². The maximum atomic E-state index is 13.8. The molecule has 1 aromatic carbocycles. The Kier molecular flexibility index (Phi) is 6.27. The van der Waals surface area contributed by atoms with E-state index in [4.69, 9.17) is 11.6 Å². The summed E-state index contributed by atoms with van der Waals surface area (Å²) in [4.78, 5) is 2.34. The van der Waals surface area contributed by atoms with Gasteiger partial charge in [-0.2, -0.15) is 0 Å². The van der Waals surface area contributed by atoms with E-state index in [0.717, 1.165) is 26.2 Å². The first-order chi connectivity index (χ1) is 9.69. The Morgan fingerprint density at radius 2 is 2.30 bits per heavy atom. The molecular formula is C16H24ClFN2. The van der Waals surface area contributed by atoms with Crippen molar-refractivity contribution < 1.29 is 4.39 Å². The van der Waals surface area contributed by atoms with E-state index in [0.29, 0.717) is 23.0 Å². The fraction of sp³-hybridized carbons (Fsp3) is 0.625. The summed E-state index contributed by atoms with van der Waals surface area (Å²) in [5.41, 5.74) is 0.708. The molecule has 0 bridgehead atoms. The lowest BCUT2D eigenvalue weighted by Gasteiger charge is -2.33. The van der Waals surface area contributed by atoms with Crippen molar-refractivity contribution in [2.75, 3.05) is 26.2 Å². The van der Waals surface area contributed by atoms with Crippen LogP contribution in [0.5, 0.6) is 0 Å². The summed E-state index contributed by atoms with van der Waals surface area (Å²) in [6.07, 6.45) is 3.63. The third-order valence-corrected chi connectivity index (χ3v) is 4.10. The minimum Gasteiger partial charge on any atom is -0.316 e. The molecule has 2 rings (SSSR count). The van der Waals surface area contributed by atoms with Crippen LogP contribution in [0.15, 0.2) is 18.2 Å². The Hall–Kier alpha value is -0.640. The fourth-order valence-electron chi connectivity index (χ4n) is 2.85. The SMILES string of the molecule is CCCNCC1CCCN(Cc2cc(Cl)ccc2F)C1. The summed E-state index contributed by atoms with van der Waals surface area (Å²) in [6, 6.07) is 4.81. The number of nitrogens with one attached hydrogen (secondary N) is 1. The van der Waals surface area contributed by atoms with Gasteiger partial charge in [-0.3, -0.25) is 4.90 Å². The Labute approximate surface area is 126 Å². The first-order valence-electron chi connectivity index (χ1n) is 7.56. The van der Waals surface area contributed by atoms with Crippen LogP contribution in [0, 0.1) is 11.7 Å². The fourth-order valence-corrected chi connectivity index (χ4v) is 3.04. The number of rotatable bonds is 6. The van der Waals surface area contributed by atoms with Crippen LogP contribution in [-0.4, -0.2) is 31.1 Å². The van der Waals surface area contributed by atoms with Gasteiger partial charge in [0.1, 0.15) is 5.82 Å². The highest BCUT2D eigenvalue weighted by molar-refractivity contribution is 6.30. The number of piperidine rings is 1. The molecule has 0 aromatic heterocycles. The van der Waals surface area contributed by atoms with Gasteiger partial charge in [0.2, 0.25) is 0 Å². The predicted octanol–water partition coefficient (Wildman–Crippen LogP) is 3.69. The minimum atomic E-state index is -0.152. The van der Waals surface area contributed by atoms with Gasteiger partial charge in [0, 0.05) is 23.7 Å². The maximum absolute atomic E-state index is 13.8. The van der Waals surface area contributed by atoms with E-state index in [1.807, 2.05) is 0 Å². The molecular weight excluding hydrogens is 275 g/mol. The third-order valence-electron chi connectivity index (χ3n) is 3.86. The highest BCUT2D eigenvalue weighted by atomic mass is 35.5. The van der Waals surface area contributed by atoms with Crippen molar-refractivity contribution in [3.63, 3.8) is 0 Å². The van der Waals surface area contributed by atoms with E-state index in [9.17, 15) is 4.39 Å². The van der Waals surface area contributed by atoms with Crippen LogP contribution in [0.2, 0.25) is 5.02 Å². The number of hydrogen-bond acceptors (Lipinski definition) is 2. The zero-order valence-electron chi connectivity index (χ0n) is 12.2. The molecule has 112 valence electrons. The standard InChI is InChI=1S/C16H24ClFN2/c1-2-7-19-10-13-4-3-8-20(11-13)12-14-9-15(17)5-6-16(14)18/h5-6,9,13,19H,2-4,7-8,10-12H2,1H3. The van der Waals surface area contributed by atoms with Gasteiger partial charge in [-0.25, -0.2) is 4.39 Å².